The lowest BCUT2D eigenvalue weighted by Crippen LogP contribution is -2.23. The van der Waals surface area contributed by atoms with E-state index in [1.165, 1.54) is 7.05 Å². The van der Waals surface area contributed by atoms with Crippen molar-refractivity contribution in [2.45, 2.75) is 0 Å². The first-order valence-corrected chi connectivity index (χ1v) is 4.78. The second kappa shape index (κ2) is 3.73. The van der Waals surface area contributed by atoms with Crippen LogP contribution < -0.4 is 4.90 Å². The zero-order valence-electron chi connectivity index (χ0n) is 8.71. The van der Waals surface area contributed by atoms with Gasteiger partial charge in [0.05, 0.1) is 5.69 Å². The molecular formula is C12H11NO3. The zero-order chi connectivity index (χ0) is 11.7. The van der Waals surface area contributed by atoms with Crippen LogP contribution in [-0.2, 0) is 0 Å². The van der Waals surface area contributed by atoms with Gasteiger partial charge in [-0.3, -0.25) is 4.90 Å². The smallest absolute Gasteiger partial charge is 0.411 e. The van der Waals surface area contributed by atoms with E-state index in [0.717, 1.165) is 10.3 Å². The maximum absolute atomic E-state index is 10.9. The lowest BCUT2D eigenvalue weighted by atomic mass is 10.1. The SMILES string of the molecule is CN(C(=O)O)c1cccc2ccc(O)cc12. The topological polar surface area (TPSA) is 60.8 Å². The molecule has 0 spiro atoms. The molecule has 16 heavy (non-hydrogen) atoms. The Labute approximate surface area is 92.4 Å². The van der Waals surface area contributed by atoms with Gasteiger partial charge in [-0.1, -0.05) is 18.2 Å². The maximum Gasteiger partial charge on any atom is 0.411 e. The van der Waals surface area contributed by atoms with Crippen LogP contribution in [0.5, 0.6) is 5.75 Å². The highest BCUT2D eigenvalue weighted by molar-refractivity contribution is 6.01. The van der Waals surface area contributed by atoms with Gasteiger partial charge in [0.15, 0.2) is 0 Å². The minimum atomic E-state index is -1.03. The first-order valence-electron chi connectivity index (χ1n) is 4.78. The number of fused-ring (bicyclic) bond motifs is 1. The van der Waals surface area contributed by atoms with Crippen LogP contribution in [0.1, 0.15) is 0 Å². The molecule has 0 saturated heterocycles. The molecule has 0 fully saturated rings. The van der Waals surface area contributed by atoms with Crippen LogP contribution in [0.25, 0.3) is 10.8 Å². The Morgan fingerprint density at radius 1 is 1.25 bits per heavy atom. The molecule has 82 valence electrons. The number of benzene rings is 2. The molecule has 2 aromatic carbocycles. The van der Waals surface area contributed by atoms with Gasteiger partial charge in [0.1, 0.15) is 5.75 Å². The fraction of sp³-hybridized carbons (Fsp3) is 0.0833. The molecule has 0 aliphatic carbocycles. The summed E-state index contributed by atoms with van der Waals surface area (Å²) in [4.78, 5) is 12.0. The van der Waals surface area contributed by atoms with Gasteiger partial charge < -0.3 is 10.2 Å². The van der Waals surface area contributed by atoms with Crippen molar-refractivity contribution in [3.05, 3.63) is 36.4 Å². The number of hydrogen-bond acceptors (Lipinski definition) is 2. The molecule has 4 heteroatoms. The molecule has 1 amide bonds. The third-order valence-corrected chi connectivity index (χ3v) is 2.49. The van der Waals surface area contributed by atoms with Gasteiger partial charge in [-0.05, 0) is 23.6 Å². The molecule has 0 bridgehead atoms. The third kappa shape index (κ3) is 1.65. The summed E-state index contributed by atoms with van der Waals surface area (Å²) in [5.41, 5.74) is 0.556. The summed E-state index contributed by atoms with van der Waals surface area (Å²) in [5, 5.41) is 19.9. The lowest BCUT2D eigenvalue weighted by Gasteiger charge is -2.15. The molecule has 2 rings (SSSR count). The van der Waals surface area contributed by atoms with E-state index in [1.807, 2.05) is 6.07 Å². The second-order valence-electron chi connectivity index (χ2n) is 3.52. The van der Waals surface area contributed by atoms with Crippen LogP contribution in [0.2, 0.25) is 0 Å². The summed E-state index contributed by atoms with van der Waals surface area (Å²) < 4.78 is 0. The van der Waals surface area contributed by atoms with Crippen LogP contribution in [0, 0.1) is 0 Å². The molecule has 0 aliphatic heterocycles. The summed E-state index contributed by atoms with van der Waals surface area (Å²) in [6, 6.07) is 10.2. The molecule has 0 saturated carbocycles. The third-order valence-electron chi connectivity index (χ3n) is 2.49. The van der Waals surface area contributed by atoms with Crippen molar-refractivity contribution in [3.63, 3.8) is 0 Å². The number of nitrogens with zero attached hydrogens (tertiary/aromatic N) is 1. The largest absolute Gasteiger partial charge is 0.508 e. The predicted octanol–water partition coefficient (Wildman–Crippen LogP) is 2.66. The Bertz CT molecular complexity index is 551. The quantitative estimate of drug-likeness (QED) is 0.771. The van der Waals surface area contributed by atoms with Crippen molar-refractivity contribution < 1.29 is 15.0 Å². The monoisotopic (exact) mass is 217 g/mol. The molecule has 2 aromatic rings. The Morgan fingerprint density at radius 3 is 2.69 bits per heavy atom. The van der Waals surface area contributed by atoms with E-state index >= 15 is 0 Å². The highest BCUT2D eigenvalue weighted by Gasteiger charge is 2.11. The minimum Gasteiger partial charge on any atom is -0.508 e. The number of phenols is 1. The molecule has 0 aliphatic rings. The average Bonchev–Trinajstić information content (AvgIpc) is 2.27. The number of rotatable bonds is 1. The molecule has 0 heterocycles. The molecular weight excluding hydrogens is 206 g/mol. The second-order valence-corrected chi connectivity index (χ2v) is 3.52. The summed E-state index contributed by atoms with van der Waals surface area (Å²) in [6.45, 7) is 0. The van der Waals surface area contributed by atoms with Gasteiger partial charge in [0, 0.05) is 12.4 Å². The van der Waals surface area contributed by atoms with Crippen LogP contribution in [0.4, 0.5) is 10.5 Å². The van der Waals surface area contributed by atoms with Crippen molar-refractivity contribution >= 4 is 22.6 Å². The normalized spacial score (nSPS) is 10.3. The van der Waals surface area contributed by atoms with Crippen molar-refractivity contribution in [1.29, 1.82) is 0 Å². The standard InChI is InChI=1S/C12H11NO3/c1-13(12(15)16)11-4-2-3-8-5-6-9(14)7-10(8)11/h2-7,14H,1H3,(H,15,16). The van der Waals surface area contributed by atoms with Gasteiger partial charge in [0.2, 0.25) is 0 Å². The van der Waals surface area contributed by atoms with Crippen LogP contribution in [0.3, 0.4) is 0 Å². The van der Waals surface area contributed by atoms with E-state index in [9.17, 15) is 9.90 Å². The van der Waals surface area contributed by atoms with E-state index in [1.54, 1.807) is 30.3 Å². The first kappa shape index (κ1) is 10.3. The van der Waals surface area contributed by atoms with Crippen molar-refractivity contribution in [3.8, 4) is 5.75 Å². The predicted molar refractivity (Wildman–Crippen MR) is 62.0 cm³/mol. The fourth-order valence-corrected chi connectivity index (χ4v) is 1.64. The van der Waals surface area contributed by atoms with Gasteiger partial charge >= 0.3 is 6.09 Å². The number of carbonyl (C=O) groups is 1. The summed E-state index contributed by atoms with van der Waals surface area (Å²) >= 11 is 0. The highest BCUT2D eigenvalue weighted by Crippen LogP contribution is 2.28. The summed E-state index contributed by atoms with van der Waals surface area (Å²) in [5.74, 6) is 0.124. The Morgan fingerprint density at radius 2 is 2.00 bits per heavy atom. The van der Waals surface area contributed by atoms with Crippen LogP contribution >= 0.6 is 0 Å². The molecule has 2 N–H and O–H groups in total. The molecule has 0 unspecified atom stereocenters. The highest BCUT2D eigenvalue weighted by atomic mass is 16.4. The maximum atomic E-state index is 10.9. The average molecular weight is 217 g/mol. The van der Waals surface area contributed by atoms with Crippen molar-refractivity contribution in [1.82, 2.24) is 0 Å². The van der Waals surface area contributed by atoms with Crippen LogP contribution in [0.15, 0.2) is 36.4 Å². The van der Waals surface area contributed by atoms with Gasteiger partial charge in [-0.25, -0.2) is 4.79 Å². The first-order chi connectivity index (χ1) is 7.59. The van der Waals surface area contributed by atoms with Crippen molar-refractivity contribution in [2.75, 3.05) is 11.9 Å². The van der Waals surface area contributed by atoms with E-state index < -0.39 is 6.09 Å². The molecule has 4 nitrogen and oxygen atoms in total. The van der Waals surface area contributed by atoms with E-state index in [2.05, 4.69) is 0 Å². The minimum absolute atomic E-state index is 0.124. The number of hydrogen-bond donors (Lipinski definition) is 2. The Hall–Kier alpha value is -2.23. The lowest BCUT2D eigenvalue weighted by molar-refractivity contribution is 0.203. The molecule has 0 atom stereocenters. The van der Waals surface area contributed by atoms with E-state index in [-0.39, 0.29) is 5.75 Å². The number of aromatic hydroxyl groups is 1. The van der Waals surface area contributed by atoms with Gasteiger partial charge in [-0.15, -0.1) is 0 Å². The van der Waals surface area contributed by atoms with Crippen LogP contribution in [-0.4, -0.2) is 23.4 Å². The van der Waals surface area contributed by atoms with Gasteiger partial charge in [0.25, 0.3) is 0 Å². The summed E-state index contributed by atoms with van der Waals surface area (Å²) in [6.07, 6.45) is -1.03. The number of carboxylic acid groups (broad SMARTS) is 1. The summed E-state index contributed by atoms with van der Waals surface area (Å²) in [7, 11) is 1.47. The number of phenolic OH excluding ortho intramolecular Hbond substituents is 1. The number of amides is 1. The Kier molecular flexibility index (Phi) is 2.40. The number of anilines is 1. The van der Waals surface area contributed by atoms with Crippen molar-refractivity contribution in [2.24, 2.45) is 0 Å². The molecule has 0 radical (unpaired) electrons. The fourth-order valence-electron chi connectivity index (χ4n) is 1.64. The van der Waals surface area contributed by atoms with Gasteiger partial charge in [-0.2, -0.15) is 0 Å². The molecule has 0 aromatic heterocycles. The van der Waals surface area contributed by atoms with E-state index in [0.29, 0.717) is 11.1 Å². The van der Waals surface area contributed by atoms with E-state index in [4.69, 9.17) is 5.11 Å². The zero-order valence-corrected chi connectivity index (χ0v) is 8.71. The Balaban J connectivity index is 2.69.